The fourth-order valence-corrected chi connectivity index (χ4v) is 3.07. The van der Waals surface area contributed by atoms with Gasteiger partial charge in [0.05, 0.1) is 11.9 Å². The minimum Gasteiger partial charge on any atom is -0.442 e. The molecule has 0 radical (unpaired) electrons. The Labute approximate surface area is 146 Å². The molecule has 0 atom stereocenters. The first-order valence-corrected chi connectivity index (χ1v) is 7.92. The van der Waals surface area contributed by atoms with Crippen molar-refractivity contribution in [2.75, 3.05) is 6.54 Å². The number of carbonyl (C=O) groups is 1. The topological polar surface area (TPSA) is 88.0 Å². The summed E-state index contributed by atoms with van der Waals surface area (Å²) in [7, 11) is 0. The zero-order valence-electron chi connectivity index (χ0n) is 12.7. The van der Waals surface area contributed by atoms with E-state index in [0.717, 1.165) is 5.56 Å². The van der Waals surface area contributed by atoms with Gasteiger partial charge in [-0.3, -0.25) is 9.59 Å². The van der Waals surface area contributed by atoms with Crippen LogP contribution in [-0.2, 0) is 6.42 Å². The van der Waals surface area contributed by atoms with E-state index in [4.69, 9.17) is 27.6 Å². The van der Waals surface area contributed by atoms with E-state index in [-0.39, 0.29) is 16.7 Å². The number of hydrogen-bond donors (Lipinski definition) is 2. The molecule has 3 rings (SSSR count). The highest BCUT2D eigenvalue weighted by molar-refractivity contribution is 6.36. The van der Waals surface area contributed by atoms with Crippen LogP contribution in [-0.4, -0.2) is 22.4 Å². The van der Waals surface area contributed by atoms with E-state index >= 15 is 0 Å². The van der Waals surface area contributed by atoms with Crippen LogP contribution in [0.1, 0.15) is 21.7 Å². The van der Waals surface area contributed by atoms with Gasteiger partial charge in [-0.1, -0.05) is 29.3 Å². The molecule has 6 nitrogen and oxygen atoms in total. The molecule has 0 aliphatic rings. The largest absolute Gasteiger partial charge is 0.442 e. The number of halogens is 2. The van der Waals surface area contributed by atoms with Gasteiger partial charge in [0.25, 0.3) is 11.5 Å². The van der Waals surface area contributed by atoms with Crippen LogP contribution in [0.15, 0.2) is 33.7 Å². The summed E-state index contributed by atoms with van der Waals surface area (Å²) in [6.07, 6.45) is 1.70. The Morgan fingerprint density at radius 1 is 1.33 bits per heavy atom. The van der Waals surface area contributed by atoms with Crippen LogP contribution in [0.25, 0.3) is 11.1 Å². The van der Waals surface area contributed by atoms with E-state index in [2.05, 4.69) is 15.3 Å². The first kappa shape index (κ1) is 16.5. The van der Waals surface area contributed by atoms with Crippen molar-refractivity contribution >= 4 is 40.2 Å². The van der Waals surface area contributed by atoms with Crippen molar-refractivity contribution in [1.82, 2.24) is 15.3 Å². The molecule has 24 heavy (non-hydrogen) atoms. The van der Waals surface area contributed by atoms with Crippen molar-refractivity contribution in [1.29, 1.82) is 0 Å². The maximum absolute atomic E-state index is 12.4. The van der Waals surface area contributed by atoms with Gasteiger partial charge in [0.15, 0.2) is 0 Å². The number of aromatic amines is 1. The summed E-state index contributed by atoms with van der Waals surface area (Å²) in [5, 5.41) is 3.98. The van der Waals surface area contributed by atoms with E-state index in [1.54, 1.807) is 25.1 Å². The minimum atomic E-state index is -0.420. The number of nitrogens with zero attached hydrogens (tertiary/aromatic N) is 1. The lowest BCUT2D eigenvalue weighted by molar-refractivity contribution is 0.0954. The molecule has 2 heterocycles. The predicted molar refractivity (Wildman–Crippen MR) is 91.9 cm³/mol. The molecular formula is C16H13Cl2N3O3. The molecule has 0 unspecified atom stereocenters. The monoisotopic (exact) mass is 365 g/mol. The molecule has 0 saturated heterocycles. The summed E-state index contributed by atoms with van der Waals surface area (Å²) in [5.41, 5.74) is 0.658. The first-order valence-electron chi connectivity index (χ1n) is 7.17. The number of amides is 1. The normalized spacial score (nSPS) is 11.0. The Bertz CT molecular complexity index is 958. The van der Waals surface area contributed by atoms with Crippen molar-refractivity contribution < 1.29 is 9.21 Å². The maximum Gasteiger partial charge on any atom is 0.262 e. The van der Waals surface area contributed by atoms with Crippen molar-refractivity contribution in [3.8, 4) is 0 Å². The van der Waals surface area contributed by atoms with Crippen LogP contribution in [0.4, 0.5) is 0 Å². The van der Waals surface area contributed by atoms with Crippen molar-refractivity contribution in [3.05, 3.63) is 61.8 Å². The van der Waals surface area contributed by atoms with E-state index < -0.39 is 11.5 Å². The zero-order valence-corrected chi connectivity index (χ0v) is 14.2. The second kappa shape index (κ2) is 6.67. The van der Waals surface area contributed by atoms with Gasteiger partial charge in [-0.05, 0) is 31.0 Å². The highest BCUT2D eigenvalue weighted by Crippen LogP contribution is 2.24. The van der Waals surface area contributed by atoms with Crippen molar-refractivity contribution in [2.24, 2.45) is 0 Å². The molecule has 0 aliphatic heterocycles. The third-order valence-corrected chi connectivity index (χ3v) is 4.33. The Morgan fingerprint density at radius 2 is 2.04 bits per heavy atom. The Hall–Kier alpha value is -2.31. The number of furan rings is 1. The van der Waals surface area contributed by atoms with Crippen molar-refractivity contribution in [2.45, 2.75) is 13.3 Å². The third kappa shape index (κ3) is 3.02. The average Bonchev–Trinajstić information content (AvgIpc) is 2.87. The Balaban J connectivity index is 1.79. The molecule has 0 aliphatic carbocycles. The smallest absolute Gasteiger partial charge is 0.262 e. The summed E-state index contributed by atoms with van der Waals surface area (Å²) in [5.74, 6) is -0.0737. The molecular weight excluding hydrogens is 353 g/mol. The van der Waals surface area contributed by atoms with E-state index in [1.807, 2.05) is 0 Å². The molecule has 0 bridgehead atoms. The lowest BCUT2D eigenvalue weighted by atomic mass is 10.1. The molecule has 0 spiro atoms. The SMILES string of the molecule is Cc1oc2nc[nH]c(=O)c2c1C(=O)NCCc1c(Cl)cccc1Cl. The number of H-pyrrole nitrogens is 1. The number of benzene rings is 1. The van der Waals surface area contributed by atoms with Crippen LogP contribution < -0.4 is 10.9 Å². The third-order valence-electron chi connectivity index (χ3n) is 3.62. The average molecular weight is 366 g/mol. The number of carbonyl (C=O) groups excluding carboxylic acids is 1. The van der Waals surface area contributed by atoms with E-state index in [9.17, 15) is 9.59 Å². The summed E-state index contributed by atoms with van der Waals surface area (Å²) in [6, 6.07) is 5.24. The highest BCUT2D eigenvalue weighted by Gasteiger charge is 2.21. The number of nitrogens with one attached hydrogen (secondary N) is 2. The number of rotatable bonds is 4. The molecule has 0 saturated carbocycles. The van der Waals surface area contributed by atoms with Crippen LogP contribution >= 0.6 is 23.2 Å². The number of hydrogen-bond acceptors (Lipinski definition) is 4. The van der Waals surface area contributed by atoms with Gasteiger partial charge in [0, 0.05) is 16.6 Å². The highest BCUT2D eigenvalue weighted by atomic mass is 35.5. The van der Waals surface area contributed by atoms with Crippen LogP contribution in [0.2, 0.25) is 10.0 Å². The lowest BCUT2D eigenvalue weighted by Crippen LogP contribution is -2.27. The fourth-order valence-electron chi connectivity index (χ4n) is 2.49. The van der Waals surface area contributed by atoms with Crippen molar-refractivity contribution in [3.63, 3.8) is 0 Å². The molecule has 0 fully saturated rings. The number of aromatic nitrogens is 2. The van der Waals surface area contributed by atoms with Crippen LogP contribution in [0.3, 0.4) is 0 Å². The summed E-state index contributed by atoms with van der Waals surface area (Å²) < 4.78 is 5.37. The number of aryl methyl sites for hydroxylation is 1. The van der Waals surface area contributed by atoms with E-state index in [1.165, 1.54) is 6.33 Å². The molecule has 1 amide bonds. The standard InChI is InChI=1S/C16H13Cl2N3O3/c1-8-12(13-15(23)20-7-21-16(13)24-8)14(22)19-6-5-9-10(17)3-2-4-11(9)18/h2-4,7H,5-6H2,1H3,(H,19,22)(H,20,21,23). The molecule has 2 aromatic heterocycles. The van der Waals surface area contributed by atoms with Crippen LogP contribution in [0, 0.1) is 6.92 Å². The summed E-state index contributed by atoms with van der Waals surface area (Å²) in [6.45, 7) is 1.92. The number of fused-ring (bicyclic) bond motifs is 1. The Kier molecular flexibility index (Phi) is 4.59. The first-order chi connectivity index (χ1) is 11.5. The second-order valence-electron chi connectivity index (χ2n) is 5.15. The maximum atomic E-state index is 12.4. The zero-order chi connectivity index (χ0) is 17.3. The summed E-state index contributed by atoms with van der Waals surface area (Å²) in [4.78, 5) is 30.7. The molecule has 2 N–H and O–H groups in total. The van der Waals surface area contributed by atoms with Gasteiger partial charge in [0.2, 0.25) is 5.71 Å². The Morgan fingerprint density at radius 3 is 2.75 bits per heavy atom. The molecule has 124 valence electrons. The van der Waals surface area contributed by atoms with Gasteiger partial charge >= 0.3 is 0 Å². The quantitative estimate of drug-likeness (QED) is 0.743. The van der Waals surface area contributed by atoms with Gasteiger partial charge in [0.1, 0.15) is 11.1 Å². The van der Waals surface area contributed by atoms with Gasteiger partial charge in [-0.2, -0.15) is 0 Å². The summed E-state index contributed by atoms with van der Waals surface area (Å²) >= 11 is 12.2. The van der Waals surface area contributed by atoms with Gasteiger partial charge in [-0.25, -0.2) is 4.98 Å². The van der Waals surface area contributed by atoms with Crippen LogP contribution in [0.5, 0.6) is 0 Å². The molecule has 8 heteroatoms. The molecule has 3 aromatic rings. The lowest BCUT2D eigenvalue weighted by Gasteiger charge is -2.08. The minimum absolute atomic E-state index is 0.135. The van der Waals surface area contributed by atoms with Gasteiger partial charge in [-0.15, -0.1) is 0 Å². The van der Waals surface area contributed by atoms with E-state index in [0.29, 0.717) is 28.8 Å². The second-order valence-corrected chi connectivity index (χ2v) is 5.97. The van der Waals surface area contributed by atoms with Gasteiger partial charge < -0.3 is 14.7 Å². The fraction of sp³-hybridized carbons (Fsp3) is 0.188. The predicted octanol–water partition coefficient (Wildman–Crippen LogP) is 3.10. The molecule has 1 aromatic carbocycles.